The zero-order chi connectivity index (χ0) is 11.3. The molecule has 15 heavy (non-hydrogen) atoms. The van der Waals surface area contributed by atoms with Crippen molar-refractivity contribution < 1.29 is 9.84 Å². The van der Waals surface area contributed by atoms with Gasteiger partial charge >= 0.3 is 0 Å². The highest BCUT2D eigenvalue weighted by Crippen LogP contribution is 2.24. The summed E-state index contributed by atoms with van der Waals surface area (Å²) in [5.74, 6) is 0.648. The number of aliphatic hydroxyl groups is 1. The van der Waals surface area contributed by atoms with Gasteiger partial charge in [-0.2, -0.15) is 0 Å². The molecule has 0 aromatic rings. The van der Waals surface area contributed by atoms with Crippen LogP contribution in [0.1, 0.15) is 33.1 Å². The Morgan fingerprint density at radius 3 is 2.60 bits per heavy atom. The van der Waals surface area contributed by atoms with E-state index in [1.807, 2.05) is 0 Å². The molecule has 0 aromatic carbocycles. The SMILES string of the molecule is COCCN(CC(C)C)C1CCCC1O. The molecule has 0 amide bonds. The lowest BCUT2D eigenvalue weighted by Gasteiger charge is -2.32. The van der Waals surface area contributed by atoms with E-state index in [-0.39, 0.29) is 6.10 Å². The van der Waals surface area contributed by atoms with Gasteiger partial charge < -0.3 is 9.84 Å². The van der Waals surface area contributed by atoms with Gasteiger partial charge in [0.05, 0.1) is 12.7 Å². The van der Waals surface area contributed by atoms with Crippen LogP contribution in [0.5, 0.6) is 0 Å². The van der Waals surface area contributed by atoms with Crippen LogP contribution in [-0.4, -0.2) is 49.0 Å². The Balaban J connectivity index is 2.46. The van der Waals surface area contributed by atoms with E-state index in [2.05, 4.69) is 18.7 Å². The lowest BCUT2D eigenvalue weighted by molar-refractivity contribution is 0.0454. The number of methoxy groups -OCH3 is 1. The van der Waals surface area contributed by atoms with E-state index >= 15 is 0 Å². The van der Waals surface area contributed by atoms with Crippen LogP contribution in [0.2, 0.25) is 0 Å². The molecule has 0 spiro atoms. The van der Waals surface area contributed by atoms with Crippen molar-refractivity contribution >= 4 is 0 Å². The zero-order valence-corrected chi connectivity index (χ0v) is 10.3. The molecule has 0 radical (unpaired) electrons. The van der Waals surface area contributed by atoms with Crippen molar-refractivity contribution in [2.24, 2.45) is 5.92 Å². The summed E-state index contributed by atoms with van der Waals surface area (Å²) in [7, 11) is 1.73. The number of hydrogen-bond donors (Lipinski definition) is 1. The van der Waals surface area contributed by atoms with Crippen molar-refractivity contribution in [3.05, 3.63) is 0 Å². The van der Waals surface area contributed by atoms with Crippen LogP contribution >= 0.6 is 0 Å². The first-order valence-corrected chi connectivity index (χ1v) is 6.06. The predicted octanol–water partition coefficient (Wildman–Crippen LogP) is 1.50. The van der Waals surface area contributed by atoms with Crippen LogP contribution in [0.15, 0.2) is 0 Å². The predicted molar refractivity (Wildman–Crippen MR) is 61.9 cm³/mol. The van der Waals surface area contributed by atoms with Gasteiger partial charge in [0, 0.05) is 26.2 Å². The second kappa shape index (κ2) is 6.46. The second-order valence-corrected chi connectivity index (χ2v) is 4.95. The largest absolute Gasteiger partial charge is 0.391 e. The lowest BCUT2D eigenvalue weighted by Crippen LogP contribution is -2.44. The van der Waals surface area contributed by atoms with Crippen LogP contribution in [0.25, 0.3) is 0 Å². The molecule has 0 aliphatic heterocycles. The molecule has 90 valence electrons. The van der Waals surface area contributed by atoms with Crippen molar-refractivity contribution in [1.29, 1.82) is 0 Å². The smallest absolute Gasteiger partial charge is 0.0695 e. The zero-order valence-electron chi connectivity index (χ0n) is 10.3. The fourth-order valence-electron chi connectivity index (χ4n) is 2.42. The van der Waals surface area contributed by atoms with E-state index in [1.54, 1.807) is 7.11 Å². The molecule has 2 unspecified atom stereocenters. The topological polar surface area (TPSA) is 32.7 Å². The summed E-state index contributed by atoms with van der Waals surface area (Å²) in [6, 6.07) is 0.363. The monoisotopic (exact) mass is 215 g/mol. The molecule has 3 nitrogen and oxygen atoms in total. The number of aliphatic hydroxyl groups excluding tert-OH is 1. The van der Waals surface area contributed by atoms with Gasteiger partial charge in [0.25, 0.3) is 0 Å². The van der Waals surface area contributed by atoms with Gasteiger partial charge in [0.2, 0.25) is 0 Å². The number of nitrogens with zero attached hydrogens (tertiary/aromatic N) is 1. The van der Waals surface area contributed by atoms with Crippen molar-refractivity contribution in [1.82, 2.24) is 4.90 Å². The summed E-state index contributed by atoms with van der Waals surface area (Å²) in [5, 5.41) is 9.89. The summed E-state index contributed by atoms with van der Waals surface area (Å²) in [5.41, 5.74) is 0. The van der Waals surface area contributed by atoms with Crippen molar-refractivity contribution in [2.45, 2.75) is 45.3 Å². The van der Waals surface area contributed by atoms with Gasteiger partial charge in [-0.05, 0) is 25.2 Å². The van der Waals surface area contributed by atoms with Crippen LogP contribution < -0.4 is 0 Å². The molecule has 0 bridgehead atoms. The first-order valence-electron chi connectivity index (χ1n) is 6.06. The third kappa shape index (κ3) is 4.09. The normalized spacial score (nSPS) is 26.8. The number of hydrogen-bond acceptors (Lipinski definition) is 3. The summed E-state index contributed by atoms with van der Waals surface area (Å²) < 4.78 is 5.13. The minimum absolute atomic E-state index is 0.124. The molecule has 1 fully saturated rings. The summed E-state index contributed by atoms with van der Waals surface area (Å²) >= 11 is 0. The van der Waals surface area contributed by atoms with Crippen molar-refractivity contribution in [2.75, 3.05) is 26.8 Å². The van der Waals surface area contributed by atoms with E-state index in [4.69, 9.17) is 4.74 Å². The summed E-state index contributed by atoms with van der Waals surface area (Å²) in [4.78, 5) is 2.39. The highest BCUT2D eigenvalue weighted by molar-refractivity contribution is 4.85. The quantitative estimate of drug-likeness (QED) is 0.729. The molecule has 1 aliphatic rings. The average molecular weight is 215 g/mol. The average Bonchev–Trinajstić information content (AvgIpc) is 2.58. The Morgan fingerprint density at radius 1 is 1.40 bits per heavy atom. The Labute approximate surface area is 93.4 Å². The molecular formula is C12H25NO2. The van der Waals surface area contributed by atoms with Crippen molar-refractivity contribution in [3.63, 3.8) is 0 Å². The standard InChI is InChI=1S/C12H25NO2/c1-10(2)9-13(7-8-15-3)11-5-4-6-12(11)14/h10-12,14H,4-9H2,1-3H3. The van der Waals surface area contributed by atoms with Gasteiger partial charge in [0.1, 0.15) is 0 Å². The molecule has 2 atom stereocenters. The van der Waals surface area contributed by atoms with Crippen LogP contribution in [0.4, 0.5) is 0 Å². The van der Waals surface area contributed by atoms with Crippen LogP contribution in [-0.2, 0) is 4.74 Å². The highest BCUT2D eigenvalue weighted by Gasteiger charge is 2.30. The maximum absolute atomic E-state index is 9.89. The first kappa shape index (κ1) is 12.9. The second-order valence-electron chi connectivity index (χ2n) is 4.95. The molecule has 0 heterocycles. The Hall–Kier alpha value is -0.120. The molecule has 0 aromatic heterocycles. The van der Waals surface area contributed by atoms with Gasteiger partial charge in [-0.25, -0.2) is 0 Å². The summed E-state index contributed by atoms with van der Waals surface area (Å²) in [6.07, 6.45) is 3.14. The molecule has 1 N–H and O–H groups in total. The maximum atomic E-state index is 9.89. The highest BCUT2D eigenvalue weighted by atomic mass is 16.5. The third-order valence-electron chi connectivity index (χ3n) is 3.10. The number of ether oxygens (including phenoxy) is 1. The van der Waals surface area contributed by atoms with Gasteiger partial charge in [-0.1, -0.05) is 13.8 Å². The van der Waals surface area contributed by atoms with E-state index in [1.165, 1.54) is 0 Å². The van der Waals surface area contributed by atoms with E-state index < -0.39 is 0 Å². The van der Waals surface area contributed by atoms with Gasteiger partial charge in [-0.3, -0.25) is 4.90 Å². The minimum Gasteiger partial charge on any atom is -0.391 e. The Bertz CT molecular complexity index is 173. The third-order valence-corrected chi connectivity index (χ3v) is 3.10. The van der Waals surface area contributed by atoms with Crippen molar-refractivity contribution in [3.8, 4) is 0 Å². The fraction of sp³-hybridized carbons (Fsp3) is 1.00. The van der Waals surface area contributed by atoms with Crippen LogP contribution in [0, 0.1) is 5.92 Å². The fourth-order valence-corrected chi connectivity index (χ4v) is 2.42. The lowest BCUT2D eigenvalue weighted by atomic mass is 10.1. The van der Waals surface area contributed by atoms with Gasteiger partial charge in [-0.15, -0.1) is 0 Å². The van der Waals surface area contributed by atoms with E-state index in [9.17, 15) is 5.11 Å². The Morgan fingerprint density at radius 2 is 2.13 bits per heavy atom. The van der Waals surface area contributed by atoms with Crippen LogP contribution in [0.3, 0.4) is 0 Å². The molecule has 3 heteroatoms. The Kier molecular flexibility index (Phi) is 5.58. The molecule has 0 saturated heterocycles. The van der Waals surface area contributed by atoms with Gasteiger partial charge in [0.15, 0.2) is 0 Å². The summed E-state index contributed by atoms with van der Waals surface area (Å²) in [6.45, 7) is 7.21. The molecular weight excluding hydrogens is 190 g/mol. The molecule has 1 aliphatic carbocycles. The molecule has 1 rings (SSSR count). The maximum Gasteiger partial charge on any atom is 0.0695 e. The van der Waals surface area contributed by atoms with E-state index in [0.29, 0.717) is 12.0 Å². The first-order chi connectivity index (χ1) is 7.15. The minimum atomic E-state index is -0.124. The number of rotatable bonds is 6. The molecule has 1 saturated carbocycles. The van der Waals surface area contributed by atoms with E-state index in [0.717, 1.165) is 39.0 Å².